The Morgan fingerprint density at radius 1 is 0.960 bits per heavy atom. The lowest BCUT2D eigenvalue weighted by atomic mass is 10.1. The summed E-state index contributed by atoms with van der Waals surface area (Å²) in [4.78, 5) is 8.78. The van der Waals surface area contributed by atoms with E-state index in [-0.39, 0.29) is 24.0 Å². The molecule has 1 aromatic heterocycles. The van der Waals surface area contributed by atoms with Gasteiger partial charge in [0.25, 0.3) is 0 Å². The summed E-state index contributed by atoms with van der Waals surface area (Å²) >= 11 is 0. The number of nitrogens with one attached hydrogen (secondary N) is 2. The van der Waals surface area contributed by atoms with Gasteiger partial charge in [0.2, 0.25) is 0 Å². The van der Waals surface area contributed by atoms with Crippen molar-refractivity contribution in [2.24, 2.45) is 4.99 Å². The van der Waals surface area contributed by atoms with Gasteiger partial charge in [-0.1, -0.05) is 54.1 Å². The molecular weight excluding hydrogens is 423 g/mol. The van der Waals surface area contributed by atoms with Gasteiger partial charge in [-0.15, -0.1) is 24.0 Å². The van der Waals surface area contributed by atoms with E-state index < -0.39 is 0 Å². The molecule has 0 aliphatic rings. The maximum absolute atomic E-state index is 4.49. The lowest BCUT2D eigenvalue weighted by Gasteiger charge is -2.13. The van der Waals surface area contributed by atoms with Gasteiger partial charge in [-0.3, -0.25) is 9.98 Å². The highest BCUT2D eigenvalue weighted by Crippen LogP contribution is 2.15. The van der Waals surface area contributed by atoms with E-state index in [1.54, 1.807) is 7.05 Å². The van der Waals surface area contributed by atoms with Gasteiger partial charge in [0.05, 0.1) is 5.52 Å². The summed E-state index contributed by atoms with van der Waals surface area (Å²) in [5, 5.41) is 7.85. The largest absolute Gasteiger partial charge is 0.352 e. The lowest BCUT2D eigenvalue weighted by molar-refractivity contribution is 0.811. The second-order valence-electron chi connectivity index (χ2n) is 5.76. The van der Waals surface area contributed by atoms with E-state index in [0.29, 0.717) is 6.54 Å². The summed E-state index contributed by atoms with van der Waals surface area (Å²) in [7, 11) is 1.78. The minimum atomic E-state index is 0. The number of fused-ring (bicyclic) bond motifs is 1. The summed E-state index contributed by atoms with van der Waals surface area (Å²) in [5.41, 5.74) is 4.69. The zero-order valence-electron chi connectivity index (χ0n) is 14.5. The van der Waals surface area contributed by atoms with Crippen molar-refractivity contribution in [3.63, 3.8) is 0 Å². The van der Waals surface area contributed by atoms with Crippen molar-refractivity contribution in [1.82, 2.24) is 15.6 Å². The third kappa shape index (κ3) is 5.16. The summed E-state index contributed by atoms with van der Waals surface area (Å²) in [5.74, 6) is 0.781. The van der Waals surface area contributed by atoms with Crippen LogP contribution in [-0.4, -0.2) is 18.0 Å². The summed E-state index contributed by atoms with van der Waals surface area (Å²) in [6, 6.07) is 18.8. The fourth-order valence-electron chi connectivity index (χ4n) is 2.60. The Morgan fingerprint density at radius 3 is 2.44 bits per heavy atom. The first-order chi connectivity index (χ1) is 11.8. The van der Waals surface area contributed by atoms with E-state index in [9.17, 15) is 0 Å². The van der Waals surface area contributed by atoms with Gasteiger partial charge in [0.1, 0.15) is 0 Å². The molecule has 0 aliphatic carbocycles. The molecule has 0 spiro atoms. The molecule has 0 unspecified atom stereocenters. The van der Waals surface area contributed by atoms with Crippen LogP contribution in [0.4, 0.5) is 0 Å². The van der Waals surface area contributed by atoms with E-state index >= 15 is 0 Å². The van der Waals surface area contributed by atoms with Crippen LogP contribution in [0.25, 0.3) is 10.9 Å². The van der Waals surface area contributed by atoms with Crippen molar-refractivity contribution in [3.05, 3.63) is 77.5 Å². The zero-order valence-corrected chi connectivity index (χ0v) is 16.8. The van der Waals surface area contributed by atoms with Crippen LogP contribution >= 0.6 is 24.0 Å². The predicted octanol–water partition coefficient (Wildman–Crippen LogP) is 4.03. The monoisotopic (exact) mass is 446 g/mol. The number of aromatic nitrogens is 1. The van der Waals surface area contributed by atoms with E-state index in [4.69, 9.17) is 0 Å². The summed E-state index contributed by atoms with van der Waals surface area (Å²) in [6.07, 6.45) is 1.83. The number of guanidine groups is 1. The first-order valence-electron chi connectivity index (χ1n) is 8.09. The molecule has 5 heteroatoms. The highest BCUT2D eigenvalue weighted by Gasteiger charge is 2.03. The van der Waals surface area contributed by atoms with Crippen LogP contribution < -0.4 is 10.6 Å². The first-order valence-corrected chi connectivity index (χ1v) is 8.09. The van der Waals surface area contributed by atoms with Crippen LogP contribution in [0.1, 0.15) is 16.7 Å². The van der Waals surface area contributed by atoms with Crippen molar-refractivity contribution in [1.29, 1.82) is 0 Å². The molecule has 0 aliphatic heterocycles. The molecule has 0 atom stereocenters. The predicted molar refractivity (Wildman–Crippen MR) is 115 cm³/mol. The minimum absolute atomic E-state index is 0. The van der Waals surface area contributed by atoms with Crippen LogP contribution in [0.2, 0.25) is 0 Å². The molecule has 0 radical (unpaired) electrons. The molecule has 3 aromatic rings. The summed E-state index contributed by atoms with van der Waals surface area (Å²) < 4.78 is 0. The minimum Gasteiger partial charge on any atom is -0.352 e. The van der Waals surface area contributed by atoms with Crippen molar-refractivity contribution < 1.29 is 0 Å². The lowest BCUT2D eigenvalue weighted by Crippen LogP contribution is -2.36. The second kappa shape index (κ2) is 9.36. The topological polar surface area (TPSA) is 49.3 Å². The van der Waals surface area contributed by atoms with Crippen LogP contribution in [0.15, 0.2) is 65.8 Å². The van der Waals surface area contributed by atoms with Crippen LogP contribution in [0.5, 0.6) is 0 Å². The molecule has 1 heterocycles. The quantitative estimate of drug-likeness (QED) is 0.362. The molecule has 2 aromatic carbocycles. The van der Waals surface area contributed by atoms with E-state index in [1.165, 1.54) is 11.1 Å². The maximum atomic E-state index is 4.49. The van der Waals surface area contributed by atoms with Gasteiger partial charge in [0, 0.05) is 31.7 Å². The van der Waals surface area contributed by atoms with Crippen LogP contribution in [0.3, 0.4) is 0 Å². The van der Waals surface area contributed by atoms with Gasteiger partial charge < -0.3 is 10.6 Å². The van der Waals surface area contributed by atoms with Gasteiger partial charge in [-0.05, 0) is 24.1 Å². The fourth-order valence-corrected chi connectivity index (χ4v) is 2.60. The normalized spacial score (nSPS) is 11.0. The Bertz CT molecular complexity index is 838. The molecule has 0 fully saturated rings. The number of nitrogens with zero attached hydrogens (tertiary/aromatic N) is 2. The van der Waals surface area contributed by atoms with Gasteiger partial charge in [0.15, 0.2) is 5.96 Å². The Balaban J connectivity index is 0.00000225. The fraction of sp³-hybridized carbons (Fsp3) is 0.200. The molecule has 2 N–H and O–H groups in total. The SMILES string of the molecule is CN=C(NCc1ccc(C)cc1)NCc1cccc2cccnc12.I. The Labute approximate surface area is 165 Å². The van der Waals surface area contributed by atoms with E-state index in [0.717, 1.165) is 29.0 Å². The number of para-hydroxylation sites is 1. The number of halogens is 1. The molecule has 25 heavy (non-hydrogen) atoms. The first kappa shape index (κ1) is 19.2. The molecule has 130 valence electrons. The molecule has 3 rings (SSSR count). The zero-order chi connectivity index (χ0) is 16.8. The molecule has 0 saturated heterocycles. The number of rotatable bonds is 4. The molecule has 0 amide bonds. The third-order valence-corrected chi connectivity index (χ3v) is 3.97. The van der Waals surface area contributed by atoms with Gasteiger partial charge in [-0.2, -0.15) is 0 Å². The number of aryl methyl sites for hydroxylation is 1. The average molecular weight is 446 g/mol. The average Bonchev–Trinajstić information content (AvgIpc) is 2.63. The molecule has 4 nitrogen and oxygen atoms in total. The Hall–Kier alpha value is -2.15. The van der Waals surface area contributed by atoms with E-state index in [1.807, 2.05) is 12.3 Å². The molecule has 0 bridgehead atoms. The maximum Gasteiger partial charge on any atom is 0.191 e. The van der Waals surface area contributed by atoms with Crippen LogP contribution in [0, 0.1) is 6.92 Å². The van der Waals surface area contributed by atoms with Gasteiger partial charge in [-0.25, -0.2) is 0 Å². The molecule has 0 saturated carbocycles. The highest BCUT2D eigenvalue weighted by atomic mass is 127. The molecular formula is C20H23IN4. The standard InChI is InChI=1S/C20H22N4.HI/c1-15-8-10-16(11-9-15)13-23-20(21-2)24-14-18-6-3-5-17-7-4-12-22-19(17)18;/h3-12H,13-14H2,1-2H3,(H2,21,23,24);1H. The number of pyridine rings is 1. The van der Waals surface area contributed by atoms with Crippen molar-refractivity contribution >= 4 is 40.8 Å². The Morgan fingerprint density at radius 2 is 1.68 bits per heavy atom. The third-order valence-electron chi connectivity index (χ3n) is 3.97. The summed E-state index contributed by atoms with van der Waals surface area (Å²) in [6.45, 7) is 3.52. The van der Waals surface area contributed by atoms with E-state index in [2.05, 4.69) is 76.1 Å². The Kier molecular flexibility index (Phi) is 7.18. The van der Waals surface area contributed by atoms with Crippen molar-refractivity contribution in [2.45, 2.75) is 20.0 Å². The number of aliphatic imine (C=N–C) groups is 1. The number of hydrogen-bond donors (Lipinski definition) is 2. The van der Waals surface area contributed by atoms with Crippen molar-refractivity contribution in [2.75, 3.05) is 7.05 Å². The number of hydrogen-bond acceptors (Lipinski definition) is 2. The number of benzene rings is 2. The van der Waals surface area contributed by atoms with Gasteiger partial charge >= 0.3 is 0 Å². The highest BCUT2D eigenvalue weighted by molar-refractivity contribution is 14.0. The smallest absolute Gasteiger partial charge is 0.191 e. The van der Waals surface area contributed by atoms with Crippen molar-refractivity contribution in [3.8, 4) is 0 Å². The van der Waals surface area contributed by atoms with Crippen LogP contribution in [-0.2, 0) is 13.1 Å². The second-order valence-corrected chi connectivity index (χ2v) is 5.76.